The number of hydrogen-bond acceptors (Lipinski definition) is 4. The van der Waals surface area contributed by atoms with Crippen molar-refractivity contribution in [3.8, 4) is 0 Å². The highest BCUT2D eigenvalue weighted by Gasteiger charge is 2.27. The predicted octanol–water partition coefficient (Wildman–Crippen LogP) is 3.57. The Morgan fingerprint density at radius 3 is 2.65 bits per heavy atom. The first kappa shape index (κ1) is 15.9. The van der Waals surface area contributed by atoms with Crippen LogP contribution in [0.5, 0.6) is 0 Å². The van der Waals surface area contributed by atoms with E-state index >= 15 is 0 Å². The van der Waals surface area contributed by atoms with E-state index in [9.17, 15) is 0 Å². The molecule has 122 valence electrons. The third kappa shape index (κ3) is 3.88. The van der Waals surface area contributed by atoms with Crippen molar-refractivity contribution in [2.24, 2.45) is 0 Å². The van der Waals surface area contributed by atoms with E-state index in [0.29, 0.717) is 5.82 Å². The Hall–Kier alpha value is -1.95. The zero-order chi connectivity index (χ0) is 16.4. The number of aryl methyl sites for hydroxylation is 3. The van der Waals surface area contributed by atoms with Crippen molar-refractivity contribution in [2.45, 2.75) is 39.5 Å². The molecule has 3 rings (SSSR count). The van der Waals surface area contributed by atoms with Crippen LogP contribution in [0.3, 0.4) is 0 Å². The molecule has 1 fully saturated rings. The molecular weight excluding hydrogens is 308 g/mol. The summed E-state index contributed by atoms with van der Waals surface area (Å²) in [5.74, 6) is 1.67. The van der Waals surface area contributed by atoms with Gasteiger partial charge >= 0.3 is 0 Å². The molecule has 2 heterocycles. The highest BCUT2D eigenvalue weighted by molar-refractivity contribution is 7.80. The Labute approximate surface area is 142 Å². The van der Waals surface area contributed by atoms with E-state index in [1.165, 1.54) is 11.1 Å². The van der Waals surface area contributed by atoms with Gasteiger partial charge in [0.1, 0.15) is 0 Å². The fourth-order valence-electron chi connectivity index (χ4n) is 3.09. The monoisotopic (exact) mass is 330 g/mol. The SMILES string of the molecule is Cc1cc(C)cc(NC(=S)N2CCCC(c3nc(C)no3)C2)c1. The van der Waals surface area contributed by atoms with Gasteiger partial charge in [0.25, 0.3) is 0 Å². The standard InChI is InChI=1S/C17H22N4OS/c1-11-7-12(2)9-15(8-11)19-17(23)21-6-4-5-14(10-21)16-18-13(3)20-22-16/h7-9,14H,4-6,10H2,1-3H3,(H,19,23). The number of benzene rings is 1. The van der Waals surface area contributed by atoms with Crippen LogP contribution in [0.4, 0.5) is 5.69 Å². The average Bonchev–Trinajstić information content (AvgIpc) is 2.93. The summed E-state index contributed by atoms with van der Waals surface area (Å²) in [4.78, 5) is 6.56. The fourth-order valence-corrected chi connectivity index (χ4v) is 3.38. The maximum atomic E-state index is 5.60. The van der Waals surface area contributed by atoms with E-state index in [1.807, 2.05) is 6.92 Å². The lowest BCUT2D eigenvalue weighted by Crippen LogP contribution is -2.41. The molecule has 1 aliphatic rings. The molecule has 0 amide bonds. The zero-order valence-corrected chi connectivity index (χ0v) is 14.6. The van der Waals surface area contributed by atoms with Gasteiger partial charge in [-0.3, -0.25) is 0 Å². The molecule has 0 spiro atoms. The maximum absolute atomic E-state index is 5.60. The molecule has 6 heteroatoms. The minimum absolute atomic E-state index is 0.254. The highest BCUT2D eigenvalue weighted by atomic mass is 32.1. The van der Waals surface area contributed by atoms with E-state index < -0.39 is 0 Å². The minimum atomic E-state index is 0.254. The number of rotatable bonds is 2. The van der Waals surface area contributed by atoms with Crippen molar-refractivity contribution in [3.63, 3.8) is 0 Å². The number of aromatic nitrogens is 2. The van der Waals surface area contributed by atoms with Gasteiger partial charge in [-0.1, -0.05) is 11.2 Å². The molecule has 1 saturated heterocycles. The molecule has 0 aliphatic carbocycles. The first-order valence-electron chi connectivity index (χ1n) is 7.95. The second-order valence-corrected chi connectivity index (χ2v) is 6.66. The van der Waals surface area contributed by atoms with E-state index in [-0.39, 0.29) is 5.92 Å². The van der Waals surface area contributed by atoms with Gasteiger partial charge in [-0.15, -0.1) is 0 Å². The number of hydrogen-bond donors (Lipinski definition) is 1. The molecule has 0 bridgehead atoms. The lowest BCUT2D eigenvalue weighted by Gasteiger charge is -2.33. The molecule has 1 N–H and O–H groups in total. The molecule has 0 saturated carbocycles. The second-order valence-electron chi connectivity index (χ2n) is 6.27. The van der Waals surface area contributed by atoms with Crippen LogP contribution in [-0.2, 0) is 0 Å². The summed E-state index contributed by atoms with van der Waals surface area (Å²) in [5, 5.41) is 8.02. The number of nitrogens with zero attached hydrogens (tertiary/aromatic N) is 3. The van der Waals surface area contributed by atoms with Crippen LogP contribution >= 0.6 is 12.2 Å². The Balaban J connectivity index is 1.67. The molecule has 5 nitrogen and oxygen atoms in total. The van der Waals surface area contributed by atoms with E-state index in [1.54, 1.807) is 0 Å². The van der Waals surface area contributed by atoms with Crippen molar-refractivity contribution in [1.29, 1.82) is 0 Å². The molecule has 1 unspecified atom stereocenters. The molecule has 0 radical (unpaired) electrons. The van der Waals surface area contributed by atoms with Crippen molar-refractivity contribution in [2.75, 3.05) is 18.4 Å². The molecule has 23 heavy (non-hydrogen) atoms. The Bertz CT molecular complexity index is 692. The second kappa shape index (κ2) is 6.66. The van der Waals surface area contributed by atoms with Gasteiger partial charge in [0.2, 0.25) is 5.89 Å². The molecule has 1 aliphatic heterocycles. The Morgan fingerprint density at radius 2 is 2.00 bits per heavy atom. The molecule has 1 atom stereocenters. The largest absolute Gasteiger partial charge is 0.348 e. The first-order chi connectivity index (χ1) is 11.0. The number of anilines is 1. The summed E-state index contributed by atoms with van der Waals surface area (Å²) in [6.45, 7) is 7.81. The molecule has 1 aromatic carbocycles. The molecule has 1 aromatic heterocycles. The maximum Gasteiger partial charge on any atom is 0.231 e. The third-order valence-electron chi connectivity index (χ3n) is 4.07. The summed E-state index contributed by atoms with van der Waals surface area (Å²) in [7, 11) is 0. The smallest absolute Gasteiger partial charge is 0.231 e. The predicted molar refractivity (Wildman–Crippen MR) is 94.7 cm³/mol. The average molecular weight is 330 g/mol. The van der Waals surface area contributed by atoms with Gasteiger partial charge in [0, 0.05) is 18.8 Å². The van der Waals surface area contributed by atoms with Crippen LogP contribution in [0.1, 0.15) is 41.6 Å². The first-order valence-corrected chi connectivity index (χ1v) is 8.36. The summed E-state index contributed by atoms with van der Waals surface area (Å²) < 4.78 is 5.33. The van der Waals surface area contributed by atoms with E-state index in [4.69, 9.17) is 16.7 Å². The van der Waals surface area contributed by atoms with Gasteiger partial charge in [-0.05, 0) is 69.1 Å². The van der Waals surface area contributed by atoms with Gasteiger partial charge in [0.15, 0.2) is 10.9 Å². The van der Waals surface area contributed by atoms with Crippen molar-refractivity contribution >= 4 is 23.0 Å². The fraction of sp³-hybridized carbons (Fsp3) is 0.471. The highest BCUT2D eigenvalue weighted by Crippen LogP contribution is 2.26. The lowest BCUT2D eigenvalue weighted by atomic mass is 9.98. The zero-order valence-electron chi connectivity index (χ0n) is 13.8. The van der Waals surface area contributed by atoms with Crippen LogP contribution in [0.25, 0.3) is 0 Å². The minimum Gasteiger partial charge on any atom is -0.348 e. The summed E-state index contributed by atoms with van der Waals surface area (Å²) in [5.41, 5.74) is 3.50. The van der Waals surface area contributed by atoms with E-state index in [0.717, 1.165) is 42.6 Å². The van der Waals surface area contributed by atoms with Gasteiger partial charge < -0.3 is 14.7 Å². The van der Waals surface area contributed by atoms with Crippen LogP contribution < -0.4 is 5.32 Å². The quantitative estimate of drug-likeness (QED) is 0.850. The van der Waals surface area contributed by atoms with Crippen molar-refractivity contribution in [1.82, 2.24) is 15.0 Å². The number of nitrogens with one attached hydrogen (secondary N) is 1. The van der Waals surface area contributed by atoms with Crippen molar-refractivity contribution in [3.05, 3.63) is 41.0 Å². The third-order valence-corrected chi connectivity index (χ3v) is 4.43. The van der Waals surface area contributed by atoms with Gasteiger partial charge in [0.05, 0.1) is 5.92 Å². The van der Waals surface area contributed by atoms with Crippen molar-refractivity contribution < 1.29 is 4.52 Å². The normalized spacial score (nSPS) is 18.0. The molecule has 2 aromatic rings. The number of likely N-dealkylation sites (tertiary alicyclic amines) is 1. The summed E-state index contributed by atoms with van der Waals surface area (Å²) in [6, 6.07) is 6.38. The summed E-state index contributed by atoms with van der Waals surface area (Å²) in [6.07, 6.45) is 2.13. The van der Waals surface area contributed by atoms with Crippen LogP contribution in [0, 0.1) is 20.8 Å². The topological polar surface area (TPSA) is 54.2 Å². The lowest BCUT2D eigenvalue weighted by molar-refractivity contribution is 0.261. The number of thiocarbonyl (C=S) groups is 1. The van der Waals surface area contributed by atoms with Gasteiger partial charge in [-0.2, -0.15) is 4.98 Å². The van der Waals surface area contributed by atoms with Gasteiger partial charge in [-0.25, -0.2) is 0 Å². The molecular formula is C17H22N4OS. The van der Waals surface area contributed by atoms with Crippen LogP contribution in [0.15, 0.2) is 22.7 Å². The van der Waals surface area contributed by atoms with Crippen LogP contribution in [0.2, 0.25) is 0 Å². The Kier molecular flexibility index (Phi) is 4.61. The van der Waals surface area contributed by atoms with Crippen LogP contribution in [-0.4, -0.2) is 33.2 Å². The van der Waals surface area contributed by atoms with E-state index in [2.05, 4.69) is 52.4 Å². The number of piperidine rings is 1. The summed E-state index contributed by atoms with van der Waals surface area (Å²) >= 11 is 5.60. The Morgan fingerprint density at radius 1 is 1.26 bits per heavy atom.